The number of hydrogen-bond donors (Lipinski definition) is 1. The maximum Gasteiger partial charge on any atom is 0.288 e. The van der Waals surface area contributed by atoms with Gasteiger partial charge in [0.1, 0.15) is 0 Å². The number of para-hydroxylation sites is 1. The maximum atomic E-state index is 12.7. The van der Waals surface area contributed by atoms with Crippen molar-refractivity contribution in [3.8, 4) is 5.69 Å². The zero-order valence-electron chi connectivity index (χ0n) is 13.6. The van der Waals surface area contributed by atoms with Gasteiger partial charge >= 0.3 is 0 Å². The number of amides is 1. The molecule has 0 saturated heterocycles. The number of anilines is 1. The van der Waals surface area contributed by atoms with Crippen LogP contribution in [-0.2, 0) is 0 Å². The van der Waals surface area contributed by atoms with E-state index in [4.69, 9.17) is 0 Å². The number of halogens is 3. The first-order chi connectivity index (χ1) is 12.5. The van der Waals surface area contributed by atoms with Gasteiger partial charge < -0.3 is 5.32 Å². The molecule has 134 valence electrons. The first kappa shape index (κ1) is 18.6. The Kier molecular flexibility index (Phi) is 5.73. The number of benzene rings is 2. The van der Waals surface area contributed by atoms with Crippen molar-refractivity contribution in [3.63, 3.8) is 0 Å². The Bertz CT molecular complexity index is 928. The van der Waals surface area contributed by atoms with Crippen LogP contribution in [0.4, 0.5) is 14.5 Å². The van der Waals surface area contributed by atoms with Gasteiger partial charge in [-0.1, -0.05) is 39.8 Å². The lowest BCUT2D eigenvalue weighted by molar-refractivity contribution is 0.102. The van der Waals surface area contributed by atoms with Crippen molar-refractivity contribution < 1.29 is 13.6 Å². The second-order valence-electron chi connectivity index (χ2n) is 5.36. The molecule has 0 radical (unpaired) electrons. The van der Waals surface area contributed by atoms with Crippen LogP contribution >= 0.6 is 27.7 Å². The molecule has 0 saturated carbocycles. The lowest BCUT2D eigenvalue weighted by atomic mass is 10.2. The van der Waals surface area contributed by atoms with E-state index in [1.165, 1.54) is 6.20 Å². The van der Waals surface area contributed by atoms with Gasteiger partial charge in [-0.05, 0) is 43.3 Å². The maximum absolute atomic E-state index is 12.7. The molecule has 4 nitrogen and oxygen atoms in total. The van der Waals surface area contributed by atoms with Gasteiger partial charge in [0.15, 0.2) is 0 Å². The Morgan fingerprint density at radius 2 is 1.88 bits per heavy atom. The van der Waals surface area contributed by atoms with Crippen LogP contribution in [0.3, 0.4) is 0 Å². The van der Waals surface area contributed by atoms with Crippen molar-refractivity contribution in [2.45, 2.75) is 17.6 Å². The summed E-state index contributed by atoms with van der Waals surface area (Å²) in [6.45, 7) is 1.78. The molecule has 1 N–H and O–H groups in total. The zero-order valence-corrected chi connectivity index (χ0v) is 16.0. The molecule has 1 aromatic heterocycles. The molecule has 26 heavy (non-hydrogen) atoms. The molecule has 2 aromatic carbocycles. The average Bonchev–Trinajstić information content (AvgIpc) is 2.98. The van der Waals surface area contributed by atoms with E-state index in [2.05, 4.69) is 26.3 Å². The van der Waals surface area contributed by atoms with Crippen LogP contribution in [0.1, 0.15) is 16.1 Å². The molecule has 0 bridgehead atoms. The Labute approximate surface area is 161 Å². The van der Waals surface area contributed by atoms with Crippen molar-refractivity contribution >= 4 is 39.3 Å². The van der Waals surface area contributed by atoms with Crippen LogP contribution in [0.25, 0.3) is 5.69 Å². The number of alkyl halides is 2. The predicted octanol–water partition coefficient (Wildman–Crippen LogP) is 5.51. The van der Waals surface area contributed by atoms with E-state index < -0.39 is 11.7 Å². The van der Waals surface area contributed by atoms with Crippen LogP contribution in [-0.4, -0.2) is 21.4 Å². The number of hydrogen-bond acceptors (Lipinski definition) is 3. The fraction of sp³-hybridized carbons (Fsp3) is 0.111. The fourth-order valence-corrected chi connectivity index (χ4v) is 3.29. The summed E-state index contributed by atoms with van der Waals surface area (Å²) in [4.78, 5) is 12.9. The summed E-state index contributed by atoms with van der Waals surface area (Å²) in [7, 11) is 0. The normalized spacial score (nSPS) is 11.0. The Hall–Kier alpha value is -2.19. The van der Waals surface area contributed by atoms with Crippen molar-refractivity contribution in [2.24, 2.45) is 0 Å². The number of carbonyl (C=O) groups is 1. The SMILES string of the molecule is Cc1c(C(=O)Nc2ccccc2SC(F)F)cnn1-c1ccc(Br)cc1. The molecule has 0 fully saturated rings. The highest BCUT2D eigenvalue weighted by atomic mass is 79.9. The van der Waals surface area contributed by atoms with Gasteiger partial charge in [0, 0.05) is 9.37 Å². The third kappa shape index (κ3) is 4.13. The van der Waals surface area contributed by atoms with E-state index in [0.717, 1.165) is 10.2 Å². The molecule has 0 aliphatic rings. The van der Waals surface area contributed by atoms with Gasteiger partial charge in [0.25, 0.3) is 11.7 Å². The Balaban J connectivity index is 1.85. The van der Waals surface area contributed by atoms with E-state index in [1.807, 2.05) is 24.3 Å². The van der Waals surface area contributed by atoms with E-state index >= 15 is 0 Å². The van der Waals surface area contributed by atoms with Crippen LogP contribution in [0.15, 0.2) is 64.1 Å². The first-order valence-electron chi connectivity index (χ1n) is 7.61. The van der Waals surface area contributed by atoms with Crippen LogP contribution < -0.4 is 5.32 Å². The molecule has 0 aliphatic heterocycles. The van der Waals surface area contributed by atoms with Crippen molar-refractivity contribution in [3.05, 3.63) is 70.5 Å². The summed E-state index contributed by atoms with van der Waals surface area (Å²) in [5.74, 6) is -2.96. The van der Waals surface area contributed by atoms with Crippen molar-refractivity contribution in [1.82, 2.24) is 9.78 Å². The molecule has 0 spiro atoms. The number of aromatic nitrogens is 2. The summed E-state index contributed by atoms with van der Waals surface area (Å²) in [5.41, 5.74) is 2.20. The number of thioether (sulfide) groups is 1. The molecule has 3 rings (SSSR count). The lowest BCUT2D eigenvalue weighted by Crippen LogP contribution is -2.13. The monoisotopic (exact) mass is 437 g/mol. The molecule has 3 aromatic rings. The minimum absolute atomic E-state index is 0.314. The zero-order chi connectivity index (χ0) is 18.7. The quantitative estimate of drug-likeness (QED) is 0.535. The topological polar surface area (TPSA) is 46.9 Å². The smallest absolute Gasteiger partial charge is 0.288 e. The van der Waals surface area contributed by atoms with Crippen LogP contribution in [0.2, 0.25) is 0 Å². The molecule has 0 aliphatic carbocycles. The van der Waals surface area contributed by atoms with Crippen LogP contribution in [0, 0.1) is 6.92 Å². The van der Waals surface area contributed by atoms with Gasteiger partial charge in [-0.3, -0.25) is 4.79 Å². The van der Waals surface area contributed by atoms with Gasteiger partial charge in [0.05, 0.1) is 28.8 Å². The van der Waals surface area contributed by atoms with E-state index in [1.54, 1.807) is 35.9 Å². The number of carbonyl (C=O) groups excluding carboxylic acids is 1. The fourth-order valence-electron chi connectivity index (χ4n) is 2.43. The Morgan fingerprint density at radius 1 is 1.19 bits per heavy atom. The van der Waals surface area contributed by atoms with Gasteiger partial charge in [-0.2, -0.15) is 13.9 Å². The highest BCUT2D eigenvalue weighted by Gasteiger charge is 2.17. The molecule has 1 heterocycles. The second kappa shape index (κ2) is 8.01. The molecular formula is C18H14BrF2N3OS. The molecule has 0 atom stereocenters. The number of nitrogens with zero attached hydrogens (tertiary/aromatic N) is 2. The minimum Gasteiger partial charge on any atom is -0.321 e. The summed E-state index contributed by atoms with van der Waals surface area (Å²) in [6, 6.07) is 14.0. The summed E-state index contributed by atoms with van der Waals surface area (Å²) in [5, 5.41) is 6.96. The second-order valence-corrected chi connectivity index (χ2v) is 7.31. The molecule has 1 amide bonds. The number of nitrogens with one attached hydrogen (secondary N) is 1. The molecule has 0 unspecified atom stereocenters. The van der Waals surface area contributed by atoms with E-state index in [0.29, 0.717) is 33.6 Å². The van der Waals surface area contributed by atoms with E-state index in [-0.39, 0.29) is 0 Å². The van der Waals surface area contributed by atoms with Crippen molar-refractivity contribution in [1.29, 1.82) is 0 Å². The molecule has 8 heteroatoms. The standard InChI is InChI=1S/C18H14BrF2N3OS/c1-11-14(10-22-24(11)13-8-6-12(19)7-9-13)17(25)23-15-4-2-3-5-16(15)26-18(20)21/h2-10,18H,1H3,(H,23,25). The lowest BCUT2D eigenvalue weighted by Gasteiger charge is -2.10. The van der Waals surface area contributed by atoms with Gasteiger partial charge in [-0.25, -0.2) is 4.68 Å². The van der Waals surface area contributed by atoms with Crippen molar-refractivity contribution in [2.75, 3.05) is 5.32 Å². The third-order valence-electron chi connectivity index (χ3n) is 3.68. The minimum atomic E-state index is -2.56. The summed E-state index contributed by atoms with van der Waals surface area (Å²) < 4.78 is 28.0. The Morgan fingerprint density at radius 3 is 2.58 bits per heavy atom. The summed E-state index contributed by atoms with van der Waals surface area (Å²) >= 11 is 3.77. The predicted molar refractivity (Wildman–Crippen MR) is 102 cm³/mol. The highest BCUT2D eigenvalue weighted by Crippen LogP contribution is 2.32. The number of rotatable bonds is 5. The third-order valence-corrected chi connectivity index (χ3v) is 4.99. The first-order valence-corrected chi connectivity index (χ1v) is 9.28. The van der Waals surface area contributed by atoms with Gasteiger partial charge in [-0.15, -0.1) is 0 Å². The molecular weight excluding hydrogens is 424 g/mol. The largest absolute Gasteiger partial charge is 0.321 e. The van der Waals surface area contributed by atoms with E-state index in [9.17, 15) is 13.6 Å². The van der Waals surface area contributed by atoms with Crippen LogP contribution in [0.5, 0.6) is 0 Å². The van der Waals surface area contributed by atoms with Gasteiger partial charge in [0.2, 0.25) is 0 Å². The highest BCUT2D eigenvalue weighted by molar-refractivity contribution is 9.10. The average molecular weight is 438 g/mol. The summed E-state index contributed by atoms with van der Waals surface area (Å²) in [6.07, 6.45) is 1.47.